The first-order chi connectivity index (χ1) is 10.2. The molecule has 1 saturated heterocycles. The van der Waals surface area contributed by atoms with Gasteiger partial charge in [-0.1, -0.05) is 32.5 Å². The Kier molecular flexibility index (Phi) is 4.64. The van der Waals surface area contributed by atoms with Crippen LogP contribution >= 0.6 is 11.8 Å². The lowest BCUT2D eigenvalue weighted by Crippen LogP contribution is -2.29. The molecule has 2 heterocycles. The highest BCUT2D eigenvalue weighted by atomic mass is 32.2. The minimum absolute atomic E-state index is 0.227. The van der Waals surface area contributed by atoms with Gasteiger partial charge < -0.3 is 15.0 Å². The Bertz CT molecular complexity index is 579. The maximum Gasteiger partial charge on any atom is 0.407 e. The number of alkyl carbamates (subject to hydrolysis) is 1. The second-order valence-electron chi connectivity index (χ2n) is 6.28. The van der Waals surface area contributed by atoms with Crippen molar-refractivity contribution in [2.45, 2.75) is 37.4 Å². The summed E-state index contributed by atoms with van der Waals surface area (Å²) in [6, 6.07) is -0.257. The highest BCUT2D eigenvalue weighted by Crippen LogP contribution is 2.24. The van der Waals surface area contributed by atoms with E-state index < -0.39 is 6.09 Å². The van der Waals surface area contributed by atoms with Crippen molar-refractivity contribution in [1.29, 1.82) is 0 Å². The van der Waals surface area contributed by atoms with E-state index in [0.29, 0.717) is 23.3 Å². The summed E-state index contributed by atoms with van der Waals surface area (Å²) >= 11 is 1.35. The topological polar surface area (TPSA) is 89.4 Å². The molecule has 22 heavy (non-hydrogen) atoms. The van der Waals surface area contributed by atoms with Gasteiger partial charge in [-0.05, 0) is 0 Å². The molecule has 2 amide bonds. The van der Waals surface area contributed by atoms with Crippen molar-refractivity contribution < 1.29 is 14.3 Å². The highest BCUT2D eigenvalue weighted by molar-refractivity contribution is 7.99. The van der Waals surface area contributed by atoms with Gasteiger partial charge in [0.05, 0.1) is 6.54 Å². The molecule has 8 nitrogen and oxygen atoms in total. The zero-order valence-corrected chi connectivity index (χ0v) is 14.2. The second kappa shape index (κ2) is 6.15. The molecule has 9 heteroatoms. The number of rotatable bonds is 3. The van der Waals surface area contributed by atoms with E-state index in [-0.39, 0.29) is 17.6 Å². The van der Waals surface area contributed by atoms with Crippen LogP contribution in [0.3, 0.4) is 0 Å². The predicted octanol–water partition coefficient (Wildman–Crippen LogP) is 1.31. The highest BCUT2D eigenvalue weighted by Gasteiger charge is 2.27. The monoisotopic (exact) mass is 327 g/mol. The van der Waals surface area contributed by atoms with Gasteiger partial charge in [0.2, 0.25) is 0 Å². The summed E-state index contributed by atoms with van der Waals surface area (Å²) in [5, 5.41) is 7.44. The van der Waals surface area contributed by atoms with Crippen LogP contribution in [0.2, 0.25) is 0 Å². The van der Waals surface area contributed by atoms with Crippen LogP contribution in [0.4, 0.5) is 9.59 Å². The molecule has 1 fully saturated rings. The summed E-state index contributed by atoms with van der Waals surface area (Å²) in [5.74, 6) is 1.12. The zero-order valence-electron chi connectivity index (χ0n) is 13.4. The standard InChI is InChI=1S/C13H21N5O3S/c1-13(2,3)9-15-10(18(16-9)12(20)17(4)5)22-7-8-6-14-11(19)21-8/h8H,6-7H2,1-5H3,(H,14,19). The molecule has 0 aliphatic carbocycles. The van der Waals surface area contributed by atoms with Gasteiger partial charge in [0.1, 0.15) is 6.10 Å². The number of hydrogen-bond acceptors (Lipinski definition) is 6. The fraction of sp³-hybridized carbons (Fsp3) is 0.692. The Morgan fingerprint density at radius 2 is 2.18 bits per heavy atom. The van der Waals surface area contributed by atoms with Gasteiger partial charge in [-0.25, -0.2) is 14.6 Å². The van der Waals surface area contributed by atoms with Crippen LogP contribution in [-0.2, 0) is 10.2 Å². The fourth-order valence-corrected chi connectivity index (χ4v) is 2.63. The summed E-state index contributed by atoms with van der Waals surface area (Å²) in [7, 11) is 3.33. The van der Waals surface area contributed by atoms with Crippen LogP contribution in [0, 0.1) is 0 Å². The van der Waals surface area contributed by atoms with Gasteiger partial charge in [0, 0.05) is 25.3 Å². The van der Waals surface area contributed by atoms with Crippen LogP contribution in [0.25, 0.3) is 0 Å². The predicted molar refractivity (Wildman–Crippen MR) is 82.2 cm³/mol. The third kappa shape index (κ3) is 3.70. The Balaban J connectivity index is 2.18. The van der Waals surface area contributed by atoms with Crippen molar-refractivity contribution in [1.82, 2.24) is 25.0 Å². The van der Waals surface area contributed by atoms with Crippen molar-refractivity contribution >= 4 is 23.9 Å². The molecule has 1 aliphatic rings. The summed E-state index contributed by atoms with van der Waals surface area (Å²) in [5.41, 5.74) is -0.255. The van der Waals surface area contributed by atoms with Crippen molar-refractivity contribution in [3.8, 4) is 0 Å². The van der Waals surface area contributed by atoms with Crippen LogP contribution in [0.15, 0.2) is 5.16 Å². The van der Waals surface area contributed by atoms with Crippen molar-refractivity contribution in [2.24, 2.45) is 0 Å². The minimum atomic E-state index is -0.410. The number of thioether (sulfide) groups is 1. The van der Waals surface area contributed by atoms with E-state index in [9.17, 15) is 9.59 Å². The number of carbonyl (C=O) groups excluding carboxylic acids is 2. The number of nitrogens with zero attached hydrogens (tertiary/aromatic N) is 4. The number of ether oxygens (including phenoxy) is 1. The number of hydrogen-bond donors (Lipinski definition) is 1. The number of nitrogens with one attached hydrogen (secondary N) is 1. The molecule has 1 aliphatic heterocycles. The number of aromatic nitrogens is 3. The Morgan fingerprint density at radius 1 is 1.50 bits per heavy atom. The normalized spacial score (nSPS) is 18.0. The van der Waals surface area contributed by atoms with E-state index >= 15 is 0 Å². The summed E-state index contributed by atoms with van der Waals surface area (Å²) in [6.45, 7) is 6.44. The number of carbonyl (C=O) groups is 2. The van der Waals surface area contributed by atoms with Crippen molar-refractivity contribution in [3.05, 3.63) is 5.82 Å². The first-order valence-electron chi connectivity index (χ1n) is 6.95. The molecule has 0 spiro atoms. The molecule has 1 unspecified atom stereocenters. The fourth-order valence-electron chi connectivity index (χ4n) is 1.72. The third-order valence-corrected chi connectivity index (χ3v) is 4.02. The maximum atomic E-state index is 12.2. The smallest absolute Gasteiger partial charge is 0.407 e. The van der Waals surface area contributed by atoms with Gasteiger partial charge in [0.25, 0.3) is 0 Å². The van der Waals surface area contributed by atoms with Crippen LogP contribution in [0.1, 0.15) is 26.6 Å². The lowest BCUT2D eigenvalue weighted by atomic mass is 9.96. The second-order valence-corrected chi connectivity index (χ2v) is 7.26. The summed E-state index contributed by atoms with van der Waals surface area (Å²) in [4.78, 5) is 29.2. The SMILES string of the molecule is CN(C)C(=O)n1nc(C(C)(C)C)nc1SCC1CNC(=O)O1. The van der Waals surface area contributed by atoms with Gasteiger partial charge in [0.15, 0.2) is 11.0 Å². The lowest BCUT2D eigenvalue weighted by Gasteiger charge is -2.13. The largest absolute Gasteiger partial charge is 0.443 e. The molecule has 1 aromatic heterocycles. The molecule has 2 rings (SSSR count). The van der Waals surface area contributed by atoms with E-state index in [4.69, 9.17) is 4.74 Å². The third-order valence-electron chi connectivity index (χ3n) is 2.96. The zero-order chi connectivity index (χ0) is 16.5. The first kappa shape index (κ1) is 16.6. The summed E-state index contributed by atoms with van der Waals surface area (Å²) < 4.78 is 6.38. The molecule has 1 atom stereocenters. The minimum Gasteiger partial charge on any atom is -0.443 e. The van der Waals surface area contributed by atoms with E-state index in [2.05, 4.69) is 15.4 Å². The number of cyclic esters (lactones) is 1. The van der Waals surface area contributed by atoms with Crippen molar-refractivity contribution in [3.63, 3.8) is 0 Å². The molecule has 0 saturated carbocycles. The molecular formula is C13H21N5O3S. The average Bonchev–Trinajstić information content (AvgIpc) is 3.00. The quantitative estimate of drug-likeness (QED) is 0.842. The number of amides is 2. The van der Waals surface area contributed by atoms with E-state index in [1.165, 1.54) is 21.3 Å². The first-order valence-corrected chi connectivity index (χ1v) is 7.93. The van der Waals surface area contributed by atoms with Crippen molar-refractivity contribution in [2.75, 3.05) is 26.4 Å². The molecule has 122 valence electrons. The molecule has 0 aromatic carbocycles. The van der Waals surface area contributed by atoms with E-state index in [0.717, 1.165) is 0 Å². The van der Waals surface area contributed by atoms with E-state index in [1.807, 2.05) is 20.8 Å². The van der Waals surface area contributed by atoms with Crippen LogP contribution in [-0.4, -0.2) is 64.3 Å². The van der Waals surface area contributed by atoms with Gasteiger partial charge >= 0.3 is 12.1 Å². The van der Waals surface area contributed by atoms with Gasteiger partial charge in [-0.3, -0.25) is 0 Å². The Labute approximate surface area is 133 Å². The van der Waals surface area contributed by atoms with Gasteiger partial charge in [-0.2, -0.15) is 4.68 Å². The molecule has 0 bridgehead atoms. The average molecular weight is 327 g/mol. The molecule has 1 aromatic rings. The van der Waals surface area contributed by atoms with E-state index in [1.54, 1.807) is 14.1 Å². The van der Waals surface area contributed by atoms with Gasteiger partial charge in [-0.15, -0.1) is 5.10 Å². The Hall–Kier alpha value is -1.77. The molecule has 0 radical (unpaired) electrons. The summed E-state index contributed by atoms with van der Waals surface area (Å²) in [6.07, 6.45) is -0.637. The lowest BCUT2D eigenvalue weighted by molar-refractivity contribution is 0.150. The molecule has 1 N–H and O–H groups in total. The maximum absolute atomic E-state index is 12.2. The van der Waals surface area contributed by atoms with Crippen LogP contribution < -0.4 is 5.32 Å². The van der Waals surface area contributed by atoms with Crippen LogP contribution in [0.5, 0.6) is 0 Å². The Morgan fingerprint density at radius 3 is 2.68 bits per heavy atom. The molecular weight excluding hydrogens is 306 g/mol.